The average molecular weight is 153 g/mol. The Hall–Kier alpha value is -0.560. The molecule has 1 radical (unpaired) electrons. The van der Waals surface area contributed by atoms with Gasteiger partial charge in [0.25, 0.3) is 0 Å². The van der Waals surface area contributed by atoms with Crippen molar-refractivity contribution in [3.8, 4) is 0 Å². The normalized spacial score (nSPS) is 11.8. The van der Waals surface area contributed by atoms with Crippen LogP contribution in [0.15, 0.2) is 24.3 Å². The second kappa shape index (κ2) is 9.44. The molecule has 0 atom stereocenters. The van der Waals surface area contributed by atoms with Gasteiger partial charge in [0.1, 0.15) is 0 Å². The van der Waals surface area contributed by atoms with E-state index >= 15 is 0 Å². The zero-order chi connectivity index (χ0) is 8.36. The summed E-state index contributed by atoms with van der Waals surface area (Å²) in [4.78, 5) is 0. The fourth-order valence-corrected chi connectivity index (χ4v) is 0.682. The fraction of sp³-hybridized carbons (Fsp3) is 0.500. The molecule has 0 unspecified atom stereocenters. The topological polar surface area (TPSA) is 9.23 Å². The Morgan fingerprint density at radius 2 is 1.91 bits per heavy atom. The summed E-state index contributed by atoms with van der Waals surface area (Å²) in [6.45, 7) is 7.14. The minimum atomic E-state index is 0.741. The van der Waals surface area contributed by atoms with Crippen LogP contribution in [0.25, 0.3) is 0 Å². The van der Waals surface area contributed by atoms with Gasteiger partial charge in [-0.25, -0.2) is 0 Å². The predicted molar refractivity (Wildman–Crippen MR) is 49.4 cm³/mol. The van der Waals surface area contributed by atoms with E-state index in [1.807, 2.05) is 13.0 Å². The maximum atomic E-state index is 5.12. The van der Waals surface area contributed by atoms with Crippen molar-refractivity contribution in [3.05, 3.63) is 31.2 Å². The van der Waals surface area contributed by atoms with E-state index < -0.39 is 0 Å². The van der Waals surface area contributed by atoms with Crippen LogP contribution in [0, 0.1) is 6.92 Å². The first kappa shape index (κ1) is 10.4. The van der Waals surface area contributed by atoms with E-state index in [-0.39, 0.29) is 0 Å². The fourth-order valence-electron chi connectivity index (χ4n) is 0.682. The third-order valence-corrected chi connectivity index (χ3v) is 1.25. The molecule has 0 aliphatic heterocycles. The summed E-state index contributed by atoms with van der Waals surface area (Å²) in [5.41, 5.74) is 0. The van der Waals surface area contributed by atoms with Crippen LogP contribution in [0.1, 0.15) is 19.8 Å². The quantitative estimate of drug-likeness (QED) is 0.421. The lowest BCUT2D eigenvalue weighted by molar-refractivity contribution is 0.177. The van der Waals surface area contributed by atoms with E-state index in [9.17, 15) is 0 Å². The Morgan fingerprint density at radius 1 is 1.18 bits per heavy atom. The number of allylic oxidation sites excluding steroid dienone is 3. The number of unbranched alkanes of at least 4 members (excludes halogenated alkanes) is 1. The maximum absolute atomic E-state index is 5.12. The van der Waals surface area contributed by atoms with Gasteiger partial charge in [-0.1, -0.05) is 24.3 Å². The number of hydrogen-bond donors (Lipinski definition) is 0. The van der Waals surface area contributed by atoms with Crippen molar-refractivity contribution in [2.24, 2.45) is 0 Å². The molecular formula is C10H17O. The largest absolute Gasteiger partial charge is 0.378 e. The van der Waals surface area contributed by atoms with E-state index in [1.54, 1.807) is 0 Å². The van der Waals surface area contributed by atoms with Crippen molar-refractivity contribution >= 4 is 0 Å². The van der Waals surface area contributed by atoms with Gasteiger partial charge in [-0.2, -0.15) is 0 Å². The maximum Gasteiger partial charge on any atom is 0.0647 e. The Morgan fingerprint density at radius 3 is 2.55 bits per heavy atom. The van der Waals surface area contributed by atoms with E-state index in [2.05, 4.69) is 25.2 Å². The Balaban J connectivity index is 3.03. The summed E-state index contributed by atoms with van der Waals surface area (Å²) in [6, 6.07) is 0. The predicted octanol–water partition coefficient (Wildman–Crippen LogP) is 2.75. The van der Waals surface area contributed by atoms with Crippen LogP contribution in [-0.4, -0.2) is 13.2 Å². The Labute approximate surface area is 69.8 Å². The monoisotopic (exact) mass is 153 g/mol. The molecule has 63 valence electrons. The van der Waals surface area contributed by atoms with Gasteiger partial charge < -0.3 is 4.74 Å². The first-order valence-corrected chi connectivity index (χ1v) is 4.08. The number of ether oxygens (including phenoxy) is 1. The summed E-state index contributed by atoms with van der Waals surface area (Å²) in [5, 5.41) is 0. The zero-order valence-electron chi connectivity index (χ0n) is 7.25. The first-order chi connectivity index (χ1) is 5.41. The number of rotatable bonds is 6. The van der Waals surface area contributed by atoms with Crippen LogP contribution in [-0.2, 0) is 4.74 Å². The highest BCUT2D eigenvalue weighted by Gasteiger charge is 1.76. The van der Waals surface area contributed by atoms with Gasteiger partial charge >= 0.3 is 0 Å². The Kier molecular flexibility index (Phi) is 8.96. The molecule has 0 aliphatic carbocycles. The molecule has 0 spiro atoms. The van der Waals surface area contributed by atoms with Crippen molar-refractivity contribution in [2.75, 3.05) is 13.2 Å². The summed E-state index contributed by atoms with van der Waals surface area (Å²) in [5.74, 6) is 0. The van der Waals surface area contributed by atoms with E-state index in [0.29, 0.717) is 0 Å². The average Bonchev–Trinajstić information content (AvgIpc) is 2.03. The lowest BCUT2D eigenvalue weighted by Gasteiger charge is -1.91. The molecular weight excluding hydrogens is 136 g/mol. The lowest BCUT2D eigenvalue weighted by Crippen LogP contribution is -1.87. The van der Waals surface area contributed by atoms with Gasteiger partial charge in [0.15, 0.2) is 0 Å². The highest BCUT2D eigenvalue weighted by molar-refractivity contribution is 4.88. The molecule has 0 bridgehead atoms. The smallest absolute Gasteiger partial charge is 0.0647 e. The minimum absolute atomic E-state index is 0.741. The highest BCUT2D eigenvalue weighted by Crippen LogP contribution is 1.92. The van der Waals surface area contributed by atoms with Crippen molar-refractivity contribution in [1.29, 1.82) is 0 Å². The highest BCUT2D eigenvalue weighted by atomic mass is 16.5. The molecule has 11 heavy (non-hydrogen) atoms. The minimum Gasteiger partial charge on any atom is -0.378 e. The molecule has 0 rings (SSSR count). The molecule has 0 saturated heterocycles. The van der Waals surface area contributed by atoms with Crippen LogP contribution >= 0.6 is 0 Å². The molecule has 1 heteroatoms. The van der Waals surface area contributed by atoms with Gasteiger partial charge in [-0.05, 0) is 26.7 Å². The van der Waals surface area contributed by atoms with Crippen molar-refractivity contribution in [3.63, 3.8) is 0 Å². The molecule has 0 amide bonds. The molecule has 0 aliphatic rings. The lowest BCUT2D eigenvalue weighted by atomic mass is 10.3. The number of hydrogen-bond acceptors (Lipinski definition) is 1. The van der Waals surface area contributed by atoms with Crippen LogP contribution < -0.4 is 0 Å². The third kappa shape index (κ3) is 9.44. The van der Waals surface area contributed by atoms with Crippen molar-refractivity contribution in [2.45, 2.75) is 19.8 Å². The molecule has 0 aromatic carbocycles. The van der Waals surface area contributed by atoms with Gasteiger partial charge in [-0.3, -0.25) is 0 Å². The summed E-state index contributed by atoms with van der Waals surface area (Å²) in [7, 11) is 0. The molecule has 0 N–H and O–H groups in total. The second-order valence-corrected chi connectivity index (χ2v) is 2.18. The van der Waals surface area contributed by atoms with E-state index in [4.69, 9.17) is 4.74 Å². The molecule has 0 heterocycles. The van der Waals surface area contributed by atoms with Crippen LogP contribution in [0.2, 0.25) is 0 Å². The molecule has 1 nitrogen and oxygen atoms in total. The van der Waals surface area contributed by atoms with Gasteiger partial charge in [0, 0.05) is 6.61 Å². The summed E-state index contributed by atoms with van der Waals surface area (Å²) in [6.07, 6.45) is 10.2. The van der Waals surface area contributed by atoms with Gasteiger partial charge in [-0.15, -0.1) is 0 Å². The molecule has 0 aromatic heterocycles. The zero-order valence-corrected chi connectivity index (χ0v) is 7.25. The molecule has 0 fully saturated rings. The van der Waals surface area contributed by atoms with Crippen LogP contribution in [0.4, 0.5) is 0 Å². The molecule has 0 aromatic rings. The summed E-state index contributed by atoms with van der Waals surface area (Å²) >= 11 is 0. The second-order valence-electron chi connectivity index (χ2n) is 2.18. The van der Waals surface area contributed by atoms with Crippen molar-refractivity contribution in [1.82, 2.24) is 0 Å². The standard InChI is InChI=1S/C10H17O/c1-3-5-6-7-8-9-10-11-4-2/h3,5,8-9H,1,4,6-7,10H2,2H3. The van der Waals surface area contributed by atoms with Crippen LogP contribution in [0.3, 0.4) is 0 Å². The van der Waals surface area contributed by atoms with Crippen molar-refractivity contribution < 1.29 is 4.74 Å². The van der Waals surface area contributed by atoms with E-state index in [0.717, 1.165) is 26.1 Å². The van der Waals surface area contributed by atoms with E-state index in [1.165, 1.54) is 0 Å². The molecule has 0 saturated carbocycles. The van der Waals surface area contributed by atoms with Crippen LogP contribution in [0.5, 0.6) is 0 Å². The first-order valence-electron chi connectivity index (χ1n) is 4.08. The third-order valence-electron chi connectivity index (χ3n) is 1.25. The van der Waals surface area contributed by atoms with Gasteiger partial charge in [0.05, 0.1) is 6.61 Å². The van der Waals surface area contributed by atoms with Gasteiger partial charge in [0.2, 0.25) is 0 Å². The summed E-state index contributed by atoms with van der Waals surface area (Å²) < 4.78 is 5.12. The SMILES string of the molecule is [CH2]C=CCCC=CCOCC. The Bertz CT molecular complexity index is 114.